The smallest absolute Gasteiger partial charge is 0.301 e. The summed E-state index contributed by atoms with van der Waals surface area (Å²) < 4.78 is 11.3. The van der Waals surface area contributed by atoms with Crippen molar-refractivity contribution in [1.82, 2.24) is 15.0 Å². The molecule has 7 nitrogen and oxygen atoms in total. The monoisotopic (exact) mass is 463 g/mol. The average Bonchev–Trinajstić information content (AvgIpc) is 3.20. The van der Waals surface area contributed by atoms with Gasteiger partial charge in [0.2, 0.25) is 0 Å². The minimum Gasteiger partial charge on any atom is -0.426 e. The lowest BCUT2D eigenvalue weighted by Crippen LogP contribution is -2.36. The summed E-state index contributed by atoms with van der Waals surface area (Å²) in [4.78, 5) is 14.6. The summed E-state index contributed by atoms with van der Waals surface area (Å²) in [6, 6.07) is 18.1. The lowest BCUT2D eigenvalue weighted by molar-refractivity contribution is 0.122. The number of anilines is 1. The quantitative estimate of drug-likeness (QED) is 0.428. The standard InChI is InChI=1S/C25H26ClN5O2/c1-25(2,27)17-5-9-19(10-6-17)33-24-28-21-15-20(26)22(29-23(21)30-24)16-3-7-18(8-4-16)31-11-13-32-14-12-31/h3-10,15H,11-14,27H2,1-2H3,(H,28,29,30). The molecule has 1 saturated heterocycles. The van der Waals surface area contributed by atoms with Crippen molar-refractivity contribution in [2.75, 3.05) is 31.2 Å². The number of ether oxygens (including phenoxy) is 2. The first-order valence-corrected chi connectivity index (χ1v) is 11.3. The molecule has 5 rings (SSSR count). The van der Waals surface area contributed by atoms with Gasteiger partial charge in [-0.15, -0.1) is 0 Å². The summed E-state index contributed by atoms with van der Waals surface area (Å²) in [5.74, 6) is 0.659. The first-order chi connectivity index (χ1) is 15.9. The maximum absolute atomic E-state index is 6.57. The molecule has 1 aliphatic heterocycles. The third-order valence-corrected chi connectivity index (χ3v) is 6.02. The van der Waals surface area contributed by atoms with Gasteiger partial charge >= 0.3 is 6.01 Å². The van der Waals surface area contributed by atoms with Gasteiger partial charge in [-0.2, -0.15) is 4.98 Å². The summed E-state index contributed by atoms with van der Waals surface area (Å²) in [6.07, 6.45) is 0. The van der Waals surface area contributed by atoms with Crippen LogP contribution in [0, 0.1) is 0 Å². The second-order valence-corrected chi connectivity index (χ2v) is 9.13. The third-order valence-electron chi connectivity index (χ3n) is 5.73. The predicted octanol–water partition coefficient (Wildman–Crippen LogP) is 5.10. The molecule has 0 aliphatic carbocycles. The van der Waals surface area contributed by atoms with E-state index >= 15 is 0 Å². The van der Waals surface area contributed by atoms with Crippen LogP contribution in [0.25, 0.3) is 22.4 Å². The van der Waals surface area contributed by atoms with Gasteiger partial charge in [0.05, 0.1) is 29.4 Å². The van der Waals surface area contributed by atoms with Crippen LogP contribution >= 0.6 is 11.6 Å². The molecular weight excluding hydrogens is 438 g/mol. The van der Waals surface area contributed by atoms with E-state index in [9.17, 15) is 0 Å². The molecule has 33 heavy (non-hydrogen) atoms. The molecule has 0 spiro atoms. The van der Waals surface area contributed by atoms with Crippen LogP contribution in [0.15, 0.2) is 54.6 Å². The molecule has 2 aromatic carbocycles. The van der Waals surface area contributed by atoms with E-state index in [4.69, 9.17) is 31.8 Å². The zero-order valence-electron chi connectivity index (χ0n) is 18.6. The Bertz CT molecular complexity index is 1260. The van der Waals surface area contributed by atoms with Crippen molar-refractivity contribution in [3.05, 3.63) is 65.2 Å². The molecule has 0 saturated carbocycles. The highest BCUT2D eigenvalue weighted by Gasteiger charge is 2.16. The van der Waals surface area contributed by atoms with Crippen molar-refractivity contribution in [2.45, 2.75) is 19.4 Å². The van der Waals surface area contributed by atoms with Gasteiger partial charge in [-0.25, -0.2) is 4.98 Å². The van der Waals surface area contributed by atoms with Gasteiger partial charge in [-0.3, -0.25) is 0 Å². The Morgan fingerprint density at radius 3 is 2.39 bits per heavy atom. The Balaban J connectivity index is 1.38. The number of nitrogens with one attached hydrogen (secondary N) is 1. The van der Waals surface area contributed by atoms with Crippen LogP contribution < -0.4 is 15.4 Å². The summed E-state index contributed by atoms with van der Waals surface area (Å²) in [7, 11) is 0. The van der Waals surface area contributed by atoms with Gasteiger partial charge in [-0.1, -0.05) is 35.9 Å². The Kier molecular flexibility index (Phi) is 5.70. The van der Waals surface area contributed by atoms with Crippen LogP contribution in [0.1, 0.15) is 19.4 Å². The van der Waals surface area contributed by atoms with Gasteiger partial charge in [0.15, 0.2) is 5.65 Å². The normalized spacial score (nSPS) is 14.6. The van der Waals surface area contributed by atoms with Gasteiger partial charge in [0.25, 0.3) is 0 Å². The molecule has 1 fully saturated rings. The number of morpholine rings is 1. The van der Waals surface area contributed by atoms with Gasteiger partial charge in [0, 0.05) is 29.9 Å². The van der Waals surface area contributed by atoms with E-state index in [1.165, 1.54) is 5.69 Å². The Morgan fingerprint density at radius 1 is 1.03 bits per heavy atom. The van der Waals surface area contributed by atoms with Crippen molar-refractivity contribution in [3.8, 4) is 23.0 Å². The molecule has 8 heteroatoms. The number of hydrogen-bond acceptors (Lipinski definition) is 6. The number of nitrogens with two attached hydrogens (primary N) is 1. The largest absolute Gasteiger partial charge is 0.426 e. The third kappa shape index (κ3) is 4.66. The molecular formula is C25H26ClN5O2. The molecule has 3 heterocycles. The Hall–Kier alpha value is -3.13. The van der Waals surface area contributed by atoms with E-state index in [1.54, 1.807) is 0 Å². The number of hydrogen-bond donors (Lipinski definition) is 2. The van der Waals surface area contributed by atoms with E-state index in [2.05, 4.69) is 27.0 Å². The second kappa shape index (κ2) is 8.67. The SMILES string of the molecule is CC(C)(N)c1ccc(Oc2nc3nc(-c4ccc(N5CCOCC5)cc4)c(Cl)cc3[nH]2)cc1. The van der Waals surface area contributed by atoms with Crippen LogP contribution in [0.5, 0.6) is 11.8 Å². The van der Waals surface area contributed by atoms with E-state index in [0.717, 1.165) is 37.4 Å². The maximum Gasteiger partial charge on any atom is 0.301 e. The first kappa shape index (κ1) is 21.7. The lowest BCUT2D eigenvalue weighted by atomic mass is 9.96. The molecule has 4 aromatic rings. The predicted molar refractivity (Wildman–Crippen MR) is 131 cm³/mol. The maximum atomic E-state index is 6.57. The van der Waals surface area contributed by atoms with Crippen molar-refractivity contribution in [3.63, 3.8) is 0 Å². The number of benzene rings is 2. The van der Waals surface area contributed by atoms with E-state index in [-0.39, 0.29) is 0 Å². The number of nitrogens with zero attached hydrogens (tertiary/aromatic N) is 3. The summed E-state index contributed by atoms with van der Waals surface area (Å²) in [6.45, 7) is 7.23. The van der Waals surface area contributed by atoms with E-state index < -0.39 is 5.54 Å². The van der Waals surface area contributed by atoms with Crippen molar-refractivity contribution >= 4 is 28.5 Å². The molecule has 0 unspecified atom stereocenters. The topological polar surface area (TPSA) is 89.3 Å². The van der Waals surface area contributed by atoms with Crippen LogP contribution in [0.2, 0.25) is 5.02 Å². The van der Waals surface area contributed by atoms with Crippen molar-refractivity contribution < 1.29 is 9.47 Å². The van der Waals surface area contributed by atoms with Crippen LogP contribution in [-0.4, -0.2) is 41.3 Å². The van der Waals surface area contributed by atoms with Crippen LogP contribution in [-0.2, 0) is 10.3 Å². The fraction of sp³-hybridized carbons (Fsp3) is 0.280. The lowest BCUT2D eigenvalue weighted by Gasteiger charge is -2.28. The number of fused-ring (bicyclic) bond motifs is 1. The average molecular weight is 464 g/mol. The van der Waals surface area contributed by atoms with Crippen LogP contribution in [0.4, 0.5) is 5.69 Å². The van der Waals surface area contributed by atoms with Crippen molar-refractivity contribution in [1.29, 1.82) is 0 Å². The number of halogens is 1. The summed E-state index contributed by atoms with van der Waals surface area (Å²) >= 11 is 6.57. The highest BCUT2D eigenvalue weighted by atomic mass is 35.5. The van der Waals surface area contributed by atoms with Gasteiger partial charge in [-0.05, 0) is 49.7 Å². The number of H-pyrrole nitrogens is 1. The number of rotatable bonds is 5. The fourth-order valence-corrected chi connectivity index (χ4v) is 4.12. The number of imidazole rings is 1. The number of aromatic nitrogens is 3. The highest BCUT2D eigenvalue weighted by Crippen LogP contribution is 2.32. The zero-order valence-corrected chi connectivity index (χ0v) is 19.4. The molecule has 3 N–H and O–H groups in total. The second-order valence-electron chi connectivity index (χ2n) is 8.73. The molecule has 0 bridgehead atoms. The molecule has 170 valence electrons. The molecule has 2 aromatic heterocycles. The Labute approximate surface area is 197 Å². The van der Waals surface area contributed by atoms with Crippen LogP contribution in [0.3, 0.4) is 0 Å². The Morgan fingerprint density at radius 2 is 1.73 bits per heavy atom. The van der Waals surface area contributed by atoms with Crippen molar-refractivity contribution in [2.24, 2.45) is 5.73 Å². The summed E-state index contributed by atoms with van der Waals surface area (Å²) in [5.41, 5.74) is 10.8. The molecule has 0 amide bonds. The molecule has 0 atom stereocenters. The van der Waals surface area contributed by atoms with E-state index in [0.29, 0.717) is 33.6 Å². The highest BCUT2D eigenvalue weighted by molar-refractivity contribution is 6.33. The minimum atomic E-state index is -0.407. The number of pyridine rings is 1. The van der Waals surface area contributed by atoms with E-state index in [1.807, 2.05) is 56.3 Å². The zero-order chi connectivity index (χ0) is 23.0. The number of aromatic amines is 1. The first-order valence-electron chi connectivity index (χ1n) is 10.9. The van der Waals surface area contributed by atoms with Gasteiger partial charge < -0.3 is 25.1 Å². The fourth-order valence-electron chi connectivity index (χ4n) is 3.86. The van der Waals surface area contributed by atoms with Gasteiger partial charge in [0.1, 0.15) is 5.75 Å². The summed E-state index contributed by atoms with van der Waals surface area (Å²) in [5, 5.41) is 0.548. The molecule has 0 radical (unpaired) electrons. The molecule has 1 aliphatic rings. The minimum absolute atomic E-state index is 0.355.